The van der Waals surface area contributed by atoms with Crippen LogP contribution in [-0.4, -0.2) is 99.1 Å². The quantitative estimate of drug-likeness (QED) is 0.0899. The van der Waals surface area contributed by atoms with Crippen LogP contribution >= 0.6 is 11.3 Å². The number of thiazole rings is 1. The van der Waals surface area contributed by atoms with E-state index in [1.165, 1.54) is 16.9 Å². The third kappa shape index (κ3) is 9.46. The number of para-hydroxylation sites is 1. The number of phenols is 1. The maximum atomic E-state index is 12.6. The van der Waals surface area contributed by atoms with Crippen LogP contribution in [0, 0.1) is 12.3 Å². The lowest BCUT2D eigenvalue weighted by molar-refractivity contribution is -0.129. The van der Waals surface area contributed by atoms with E-state index in [4.69, 9.17) is 4.52 Å². The monoisotopic (exact) mass is 830 g/mol. The summed E-state index contributed by atoms with van der Waals surface area (Å²) in [6, 6.07) is 25.4. The molecule has 2 amide bonds. The summed E-state index contributed by atoms with van der Waals surface area (Å²) in [7, 11) is -1.39. The maximum absolute atomic E-state index is 12.6. The van der Waals surface area contributed by atoms with Gasteiger partial charge in [0, 0.05) is 73.2 Å². The molecule has 3 aliphatic rings. The van der Waals surface area contributed by atoms with E-state index in [0.29, 0.717) is 36.5 Å². The standard InChI is InChI=1S/C28H29BN6O5.C13H14N2OS.C3H8/c36-25-4-2-1-3-22(25)24-9-18-5-6-20(10-23(18)30-31-24)34-14-28(15-34)16-35(17-28)26-11-21(40-32-26)12-27(37)33-8-7-19(13-33)29(38)39;1-9(14-7-16)11-3-5-12(6-4-11)13-10(2)15-8-17-13;1-3-2/h1-6,9-11,19,36,38-39H,7-8,12-17H2;3-9H,1-2H3,(H,14,16);3H2,1-2H3/t;9-;/m.0./s1. The van der Waals surface area contributed by atoms with Crippen molar-refractivity contribution in [3.63, 3.8) is 0 Å². The minimum absolute atomic E-state index is 0.0455. The minimum atomic E-state index is -1.39. The molecule has 4 N–H and O–H groups in total. The fraction of sp³-hybridized carbons (Fsp3) is 0.364. The summed E-state index contributed by atoms with van der Waals surface area (Å²) in [6.07, 6.45) is 2.68. The van der Waals surface area contributed by atoms with Crippen LogP contribution in [0.25, 0.3) is 32.6 Å². The lowest BCUT2D eigenvalue weighted by Gasteiger charge is -2.61. The highest BCUT2D eigenvalue weighted by molar-refractivity contribution is 7.13. The molecular weight excluding hydrogens is 779 g/mol. The van der Waals surface area contributed by atoms with Crippen molar-refractivity contribution < 1.29 is 29.3 Å². The molecule has 3 aromatic carbocycles. The molecule has 312 valence electrons. The Bertz CT molecular complexity index is 2390. The molecule has 9 rings (SSSR count). The second-order valence-corrected chi connectivity index (χ2v) is 16.8. The number of aromatic nitrogens is 4. The van der Waals surface area contributed by atoms with Crippen molar-refractivity contribution in [3.8, 4) is 27.4 Å². The molecular formula is C44H51BN8O6S. The van der Waals surface area contributed by atoms with Gasteiger partial charge in [-0.1, -0.05) is 67.9 Å². The highest BCUT2D eigenvalue weighted by Crippen LogP contribution is 2.44. The van der Waals surface area contributed by atoms with Gasteiger partial charge < -0.3 is 39.7 Å². The van der Waals surface area contributed by atoms with E-state index in [0.717, 1.165) is 66.3 Å². The molecule has 0 radical (unpaired) electrons. The first-order valence-electron chi connectivity index (χ1n) is 20.3. The molecule has 6 aromatic rings. The van der Waals surface area contributed by atoms with Gasteiger partial charge in [0.25, 0.3) is 0 Å². The van der Waals surface area contributed by atoms with Gasteiger partial charge in [0.1, 0.15) is 11.5 Å². The predicted molar refractivity (Wildman–Crippen MR) is 235 cm³/mol. The molecule has 0 saturated carbocycles. The molecule has 3 aromatic heterocycles. The Morgan fingerprint density at radius 1 is 1.02 bits per heavy atom. The minimum Gasteiger partial charge on any atom is -0.507 e. The maximum Gasteiger partial charge on any atom is 0.456 e. The van der Waals surface area contributed by atoms with Crippen molar-refractivity contribution in [1.82, 2.24) is 30.6 Å². The van der Waals surface area contributed by atoms with E-state index in [2.05, 4.69) is 73.6 Å². The number of fused-ring (bicyclic) bond motifs is 1. The molecule has 60 heavy (non-hydrogen) atoms. The lowest BCUT2D eigenvalue weighted by Crippen LogP contribution is -2.72. The first-order valence-corrected chi connectivity index (χ1v) is 21.2. The summed E-state index contributed by atoms with van der Waals surface area (Å²) in [4.78, 5) is 34.6. The number of nitrogens with zero attached hydrogens (tertiary/aromatic N) is 7. The molecule has 14 nitrogen and oxygen atoms in total. The number of amides is 2. The number of likely N-dealkylation sites (tertiary alicyclic amines) is 1. The number of anilines is 2. The Labute approximate surface area is 354 Å². The van der Waals surface area contributed by atoms with Crippen molar-refractivity contribution in [2.24, 2.45) is 5.41 Å². The van der Waals surface area contributed by atoms with E-state index in [9.17, 15) is 24.7 Å². The number of carbonyl (C=O) groups excluding carboxylic acids is 2. The van der Waals surface area contributed by atoms with E-state index in [-0.39, 0.29) is 35.4 Å². The van der Waals surface area contributed by atoms with E-state index < -0.39 is 7.12 Å². The smallest absolute Gasteiger partial charge is 0.456 e. The van der Waals surface area contributed by atoms with Gasteiger partial charge >= 0.3 is 7.12 Å². The van der Waals surface area contributed by atoms with Gasteiger partial charge in [-0.25, -0.2) is 4.98 Å². The number of aromatic hydroxyl groups is 1. The third-order valence-corrected chi connectivity index (χ3v) is 12.1. The Kier molecular flexibility index (Phi) is 13.1. The first kappa shape index (κ1) is 42.3. The number of aryl methyl sites for hydroxylation is 1. The summed E-state index contributed by atoms with van der Waals surface area (Å²) in [6.45, 7) is 12.7. The Morgan fingerprint density at radius 3 is 2.42 bits per heavy atom. The highest BCUT2D eigenvalue weighted by Gasteiger charge is 2.52. The van der Waals surface area contributed by atoms with Gasteiger partial charge in [-0.2, -0.15) is 0 Å². The predicted octanol–water partition coefficient (Wildman–Crippen LogP) is 6.28. The Hall–Kier alpha value is -5.84. The van der Waals surface area contributed by atoms with Crippen LogP contribution in [0.4, 0.5) is 11.5 Å². The first-order chi connectivity index (χ1) is 29.0. The van der Waals surface area contributed by atoms with Crippen molar-refractivity contribution in [1.29, 1.82) is 0 Å². The van der Waals surface area contributed by atoms with Crippen LogP contribution in [0.1, 0.15) is 56.7 Å². The van der Waals surface area contributed by atoms with Crippen LogP contribution in [0.2, 0.25) is 5.82 Å². The molecule has 0 bridgehead atoms. The fourth-order valence-electron chi connectivity index (χ4n) is 7.87. The summed E-state index contributed by atoms with van der Waals surface area (Å²) in [5.41, 5.74) is 8.62. The van der Waals surface area contributed by atoms with Crippen LogP contribution < -0.4 is 15.1 Å². The second kappa shape index (κ2) is 18.6. The summed E-state index contributed by atoms with van der Waals surface area (Å²) < 4.78 is 5.45. The van der Waals surface area contributed by atoms with Crippen LogP contribution in [0.15, 0.2) is 88.9 Å². The molecule has 0 aliphatic carbocycles. The van der Waals surface area contributed by atoms with Gasteiger partial charge in [0.2, 0.25) is 12.3 Å². The van der Waals surface area contributed by atoms with E-state index >= 15 is 0 Å². The van der Waals surface area contributed by atoms with E-state index in [1.54, 1.807) is 28.4 Å². The number of nitrogens with one attached hydrogen (secondary N) is 1. The SMILES string of the molecule is CCC.Cc1ncsc1-c1ccc([C@H](C)NC=O)cc1.O=C(Cc1cc(N2CC3(CN(c4ccc5cc(-c6ccccc6O)nnc5c4)C3)C2)no1)N1CCC(B(O)O)C1. The normalized spacial score (nSPS) is 16.8. The fourth-order valence-corrected chi connectivity index (χ4v) is 8.68. The van der Waals surface area contributed by atoms with Gasteiger partial charge in [-0.3, -0.25) is 9.59 Å². The van der Waals surface area contributed by atoms with Gasteiger partial charge in [0.15, 0.2) is 5.82 Å². The van der Waals surface area contributed by atoms with Crippen molar-refractivity contribution in [2.45, 2.75) is 58.8 Å². The lowest BCUT2D eigenvalue weighted by atomic mass is 9.72. The zero-order valence-electron chi connectivity index (χ0n) is 34.4. The summed E-state index contributed by atoms with van der Waals surface area (Å²) in [5.74, 6) is 1.07. The number of hydrogen-bond donors (Lipinski definition) is 4. The van der Waals surface area contributed by atoms with Gasteiger partial charge in [0.05, 0.1) is 39.8 Å². The number of benzene rings is 3. The van der Waals surface area contributed by atoms with Gasteiger partial charge in [-0.05, 0) is 61.7 Å². The highest BCUT2D eigenvalue weighted by atomic mass is 32.1. The van der Waals surface area contributed by atoms with Gasteiger partial charge in [-0.15, -0.1) is 21.5 Å². The van der Waals surface area contributed by atoms with E-state index in [1.807, 2.05) is 61.8 Å². The van der Waals surface area contributed by atoms with Crippen LogP contribution in [0.3, 0.4) is 0 Å². The number of phenolic OH excluding ortho intramolecular Hbond substituents is 1. The zero-order valence-corrected chi connectivity index (χ0v) is 35.2. The number of hydrogen-bond acceptors (Lipinski definition) is 13. The van der Waals surface area contributed by atoms with Crippen LogP contribution in [0.5, 0.6) is 5.75 Å². The summed E-state index contributed by atoms with van der Waals surface area (Å²) in [5, 5.41) is 45.5. The largest absolute Gasteiger partial charge is 0.507 e. The average molecular weight is 831 g/mol. The zero-order chi connectivity index (χ0) is 42.4. The topological polar surface area (TPSA) is 181 Å². The Morgan fingerprint density at radius 2 is 1.75 bits per heavy atom. The summed E-state index contributed by atoms with van der Waals surface area (Å²) >= 11 is 1.64. The Balaban J connectivity index is 0.000000227. The van der Waals surface area contributed by atoms with Crippen molar-refractivity contribution in [2.75, 3.05) is 49.1 Å². The second-order valence-electron chi connectivity index (χ2n) is 15.9. The molecule has 16 heteroatoms. The number of carbonyl (C=O) groups is 2. The molecule has 1 unspecified atom stereocenters. The molecule has 3 saturated heterocycles. The average Bonchev–Trinajstić information content (AvgIpc) is 4.00. The van der Waals surface area contributed by atoms with Crippen molar-refractivity contribution >= 4 is 53.2 Å². The molecule has 3 aliphatic heterocycles. The van der Waals surface area contributed by atoms with Crippen LogP contribution in [-0.2, 0) is 16.0 Å². The third-order valence-electron chi connectivity index (χ3n) is 11.2. The molecule has 1 spiro atoms. The number of rotatable bonds is 10. The molecule has 3 fully saturated rings. The molecule has 2 atom stereocenters. The van der Waals surface area contributed by atoms with Crippen molar-refractivity contribution in [3.05, 3.63) is 101 Å². The molecule has 6 heterocycles.